The van der Waals surface area contributed by atoms with E-state index in [9.17, 15) is 14.7 Å². The fourth-order valence-electron chi connectivity index (χ4n) is 2.26. The number of hydrogen-bond acceptors (Lipinski definition) is 4. The molecule has 1 aromatic heterocycles. The number of aryl methyl sites for hydroxylation is 2. The fraction of sp³-hybridized carbons (Fsp3) is 0.118. The van der Waals surface area contributed by atoms with Gasteiger partial charge in [0.15, 0.2) is 5.17 Å². The van der Waals surface area contributed by atoms with E-state index in [1.165, 1.54) is 17.8 Å². The van der Waals surface area contributed by atoms with Crippen LogP contribution in [0.4, 0.5) is 5.69 Å². The van der Waals surface area contributed by atoms with Gasteiger partial charge in [0.05, 0.1) is 16.2 Å². The van der Waals surface area contributed by atoms with E-state index in [-0.39, 0.29) is 11.5 Å². The zero-order valence-corrected chi connectivity index (χ0v) is 13.9. The lowest BCUT2D eigenvalue weighted by atomic mass is 10.1. The SMILES string of the molecule is Cc1ccc(C(=O)O)c(N=C2NC(=O)/C(=C/c3cccn3C)S2)c1. The molecule has 1 amide bonds. The zero-order valence-electron chi connectivity index (χ0n) is 13.1. The third kappa shape index (κ3) is 3.26. The molecular formula is C17H15N3O3S. The van der Waals surface area contributed by atoms with Crippen LogP contribution in [0.2, 0.25) is 0 Å². The molecule has 0 spiro atoms. The maximum Gasteiger partial charge on any atom is 0.337 e. The van der Waals surface area contributed by atoms with Crippen molar-refractivity contribution < 1.29 is 14.7 Å². The Bertz CT molecular complexity index is 896. The molecular weight excluding hydrogens is 326 g/mol. The molecule has 0 unspecified atom stereocenters. The molecule has 122 valence electrons. The Morgan fingerprint density at radius 2 is 2.17 bits per heavy atom. The number of carboxylic acid groups (broad SMARTS) is 1. The van der Waals surface area contributed by atoms with Gasteiger partial charge in [0, 0.05) is 18.9 Å². The highest BCUT2D eigenvalue weighted by Gasteiger charge is 2.24. The van der Waals surface area contributed by atoms with Gasteiger partial charge in [-0.3, -0.25) is 4.79 Å². The van der Waals surface area contributed by atoms with Crippen molar-refractivity contribution in [3.05, 3.63) is 58.3 Å². The van der Waals surface area contributed by atoms with Crippen LogP contribution in [0.3, 0.4) is 0 Å². The number of carbonyl (C=O) groups excluding carboxylic acids is 1. The minimum atomic E-state index is -1.05. The lowest BCUT2D eigenvalue weighted by Crippen LogP contribution is -2.19. The molecule has 0 bridgehead atoms. The van der Waals surface area contributed by atoms with Gasteiger partial charge in [0.1, 0.15) is 0 Å². The Labute approximate surface area is 142 Å². The molecule has 2 N–H and O–H groups in total. The number of hydrogen-bond donors (Lipinski definition) is 2. The molecule has 1 fully saturated rings. The molecule has 1 aliphatic heterocycles. The number of amides is 1. The van der Waals surface area contributed by atoms with Crippen LogP contribution in [0.5, 0.6) is 0 Å². The summed E-state index contributed by atoms with van der Waals surface area (Å²) >= 11 is 1.19. The van der Waals surface area contributed by atoms with Gasteiger partial charge in [-0.25, -0.2) is 9.79 Å². The molecule has 0 aliphatic carbocycles. The number of nitrogens with zero attached hydrogens (tertiary/aromatic N) is 2. The Morgan fingerprint density at radius 3 is 2.83 bits per heavy atom. The zero-order chi connectivity index (χ0) is 17.3. The third-order valence-electron chi connectivity index (χ3n) is 3.52. The van der Waals surface area contributed by atoms with Crippen molar-refractivity contribution in [3.8, 4) is 0 Å². The third-order valence-corrected chi connectivity index (χ3v) is 4.43. The molecule has 0 atom stereocenters. The van der Waals surface area contributed by atoms with Gasteiger partial charge in [0.25, 0.3) is 5.91 Å². The summed E-state index contributed by atoms with van der Waals surface area (Å²) < 4.78 is 1.90. The summed E-state index contributed by atoms with van der Waals surface area (Å²) in [7, 11) is 1.89. The standard InChI is InChI=1S/C17H15N3O3S/c1-10-5-6-12(16(22)23)13(8-10)18-17-19-15(21)14(24-17)9-11-4-3-7-20(11)2/h3-9H,1-2H3,(H,22,23)(H,18,19,21)/b14-9-. The van der Waals surface area contributed by atoms with Gasteiger partial charge in [0.2, 0.25) is 0 Å². The van der Waals surface area contributed by atoms with E-state index in [1.54, 1.807) is 18.2 Å². The van der Waals surface area contributed by atoms with Gasteiger partial charge in [-0.15, -0.1) is 0 Å². The average molecular weight is 341 g/mol. The normalized spacial score (nSPS) is 17.5. The smallest absolute Gasteiger partial charge is 0.337 e. The summed E-state index contributed by atoms with van der Waals surface area (Å²) in [6.45, 7) is 1.86. The van der Waals surface area contributed by atoms with Crippen LogP contribution in [0.1, 0.15) is 21.6 Å². The van der Waals surface area contributed by atoms with Gasteiger partial charge in [-0.05, 0) is 54.6 Å². The molecule has 2 heterocycles. The Morgan fingerprint density at radius 1 is 1.38 bits per heavy atom. The summed E-state index contributed by atoms with van der Waals surface area (Å²) in [5, 5.41) is 12.3. The maximum atomic E-state index is 12.1. The van der Waals surface area contributed by atoms with Crippen LogP contribution in [0.15, 0.2) is 46.4 Å². The van der Waals surface area contributed by atoms with Gasteiger partial charge < -0.3 is 15.0 Å². The fourth-order valence-corrected chi connectivity index (χ4v) is 3.08. The van der Waals surface area contributed by atoms with Crippen molar-refractivity contribution in [3.63, 3.8) is 0 Å². The van der Waals surface area contributed by atoms with E-state index in [2.05, 4.69) is 10.3 Å². The van der Waals surface area contributed by atoms with Gasteiger partial charge >= 0.3 is 5.97 Å². The first-order valence-electron chi connectivity index (χ1n) is 7.19. The van der Waals surface area contributed by atoms with E-state index in [4.69, 9.17) is 0 Å². The van der Waals surface area contributed by atoms with Crippen molar-refractivity contribution in [2.75, 3.05) is 0 Å². The molecule has 0 saturated carbocycles. The van der Waals surface area contributed by atoms with E-state index in [0.717, 1.165) is 11.3 Å². The molecule has 0 radical (unpaired) electrons. The van der Waals surface area contributed by atoms with Crippen molar-refractivity contribution >= 4 is 40.6 Å². The number of aliphatic imine (C=N–C) groups is 1. The van der Waals surface area contributed by atoms with Gasteiger partial charge in [-0.2, -0.15) is 0 Å². The lowest BCUT2D eigenvalue weighted by Gasteiger charge is -2.03. The van der Waals surface area contributed by atoms with Crippen LogP contribution in [-0.4, -0.2) is 26.7 Å². The minimum Gasteiger partial charge on any atom is -0.478 e. The summed E-state index contributed by atoms with van der Waals surface area (Å²) in [4.78, 5) is 28.2. The van der Waals surface area contributed by atoms with Crippen molar-refractivity contribution in [2.24, 2.45) is 12.0 Å². The Kier molecular flexibility index (Phi) is 4.26. The highest BCUT2D eigenvalue weighted by atomic mass is 32.2. The molecule has 1 saturated heterocycles. The van der Waals surface area contributed by atoms with E-state index >= 15 is 0 Å². The second-order valence-corrected chi connectivity index (χ2v) is 6.38. The summed E-state index contributed by atoms with van der Waals surface area (Å²) in [6, 6.07) is 8.71. The number of carboxylic acids is 1. The number of carbonyl (C=O) groups is 2. The minimum absolute atomic E-state index is 0.0998. The molecule has 1 aliphatic rings. The van der Waals surface area contributed by atoms with Crippen LogP contribution < -0.4 is 5.32 Å². The molecule has 6 nitrogen and oxygen atoms in total. The summed E-state index contributed by atoms with van der Waals surface area (Å²) in [5.74, 6) is -1.30. The van der Waals surface area contributed by atoms with Crippen LogP contribution in [0.25, 0.3) is 6.08 Å². The topological polar surface area (TPSA) is 83.7 Å². The summed E-state index contributed by atoms with van der Waals surface area (Å²) in [5.41, 5.74) is 2.22. The number of thioether (sulfide) groups is 1. The number of amidine groups is 1. The van der Waals surface area contributed by atoms with E-state index in [0.29, 0.717) is 15.8 Å². The quantitative estimate of drug-likeness (QED) is 0.841. The monoisotopic (exact) mass is 341 g/mol. The first-order chi connectivity index (χ1) is 11.4. The molecule has 7 heteroatoms. The molecule has 1 aromatic carbocycles. The first kappa shape index (κ1) is 16.1. The highest BCUT2D eigenvalue weighted by Crippen LogP contribution is 2.29. The van der Waals surface area contributed by atoms with E-state index in [1.807, 2.05) is 36.9 Å². The van der Waals surface area contributed by atoms with Crippen molar-refractivity contribution in [2.45, 2.75) is 6.92 Å². The van der Waals surface area contributed by atoms with Crippen molar-refractivity contribution in [1.29, 1.82) is 0 Å². The predicted molar refractivity (Wildman–Crippen MR) is 94.4 cm³/mol. The Hall–Kier alpha value is -2.80. The number of benzene rings is 1. The largest absolute Gasteiger partial charge is 0.478 e. The predicted octanol–water partition coefficient (Wildman–Crippen LogP) is 2.92. The number of rotatable bonds is 3. The second kappa shape index (κ2) is 6.37. The Balaban J connectivity index is 1.93. The van der Waals surface area contributed by atoms with Crippen LogP contribution in [0, 0.1) is 6.92 Å². The summed E-state index contributed by atoms with van der Waals surface area (Å²) in [6.07, 6.45) is 3.67. The first-order valence-corrected chi connectivity index (χ1v) is 8.00. The number of nitrogens with one attached hydrogen (secondary N) is 1. The second-order valence-electron chi connectivity index (χ2n) is 5.35. The number of aromatic carboxylic acids is 1. The van der Waals surface area contributed by atoms with Gasteiger partial charge in [-0.1, -0.05) is 6.07 Å². The van der Waals surface area contributed by atoms with Crippen LogP contribution >= 0.6 is 11.8 Å². The lowest BCUT2D eigenvalue weighted by molar-refractivity contribution is -0.115. The molecule has 3 rings (SSSR count). The van der Waals surface area contributed by atoms with Crippen molar-refractivity contribution in [1.82, 2.24) is 9.88 Å². The molecule has 24 heavy (non-hydrogen) atoms. The number of aromatic nitrogens is 1. The molecule has 2 aromatic rings. The maximum absolute atomic E-state index is 12.1. The average Bonchev–Trinajstić information content (AvgIpc) is 3.06. The van der Waals surface area contributed by atoms with Crippen LogP contribution in [-0.2, 0) is 11.8 Å². The highest BCUT2D eigenvalue weighted by molar-refractivity contribution is 8.18. The van der Waals surface area contributed by atoms with E-state index < -0.39 is 5.97 Å².